The summed E-state index contributed by atoms with van der Waals surface area (Å²) in [6, 6.07) is 9.40. The molecule has 0 unspecified atom stereocenters. The molecule has 2 aromatic rings. The SMILES string of the molecule is N[C@H](C(=O)O)c1cccc(-c2ccccn2)n1. The monoisotopic (exact) mass is 229 g/mol. The van der Waals surface area contributed by atoms with E-state index in [-0.39, 0.29) is 0 Å². The van der Waals surface area contributed by atoms with Gasteiger partial charge in [-0.15, -0.1) is 0 Å². The van der Waals surface area contributed by atoms with Crippen molar-refractivity contribution in [3.8, 4) is 11.4 Å². The number of hydrogen-bond donors (Lipinski definition) is 2. The van der Waals surface area contributed by atoms with Gasteiger partial charge in [0, 0.05) is 6.20 Å². The van der Waals surface area contributed by atoms with Gasteiger partial charge >= 0.3 is 5.97 Å². The Labute approximate surface area is 98.0 Å². The van der Waals surface area contributed by atoms with Gasteiger partial charge in [-0.1, -0.05) is 12.1 Å². The van der Waals surface area contributed by atoms with Crippen molar-refractivity contribution < 1.29 is 9.90 Å². The van der Waals surface area contributed by atoms with Crippen LogP contribution in [-0.2, 0) is 4.79 Å². The van der Waals surface area contributed by atoms with E-state index in [0.29, 0.717) is 17.1 Å². The zero-order valence-corrected chi connectivity index (χ0v) is 8.95. The van der Waals surface area contributed by atoms with E-state index in [1.165, 1.54) is 0 Å². The Bertz CT molecular complexity index is 528. The van der Waals surface area contributed by atoms with Crippen LogP contribution in [0.4, 0.5) is 0 Å². The molecule has 2 rings (SSSR count). The normalized spacial score (nSPS) is 12.1. The van der Waals surface area contributed by atoms with Gasteiger partial charge in [0.15, 0.2) is 0 Å². The van der Waals surface area contributed by atoms with Crippen LogP contribution in [0.25, 0.3) is 11.4 Å². The Morgan fingerprint density at radius 1 is 1.18 bits per heavy atom. The lowest BCUT2D eigenvalue weighted by Gasteiger charge is -2.07. The van der Waals surface area contributed by atoms with Crippen LogP contribution in [0.2, 0.25) is 0 Å². The lowest BCUT2D eigenvalue weighted by molar-refractivity contribution is -0.138. The number of carboxylic acid groups (broad SMARTS) is 1. The highest BCUT2D eigenvalue weighted by molar-refractivity contribution is 5.74. The Morgan fingerprint density at radius 3 is 2.59 bits per heavy atom. The van der Waals surface area contributed by atoms with Gasteiger partial charge in [-0.2, -0.15) is 0 Å². The Morgan fingerprint density at radius 2 is 1.94 bits per heavy atom. The lowest BCUT2D eigenvalue weighted by Crippen LogP contribution is -2.21. The van der Waals surface area contributed by atoms with E-state index in [0.717, 1.165) is 0 Å². The summed E-state index contributed by atoms with van der Waals surface area (Å²) in [5, 5.41) is 8.82. The summed E-state index contributed by atoms with van der Waals surface area (Å²) in [5.74, 6) is -1.10. The molecular weight excluding hydrogens is 218 g/mol. The third kappa shape index (κ3) is 2.46. The molecule has 0 radical (unpaired) electrons. The Kier molecular flexibility index (Phi) is 3.11. The molecule has 2 aromatic heterocycles. The molecule has 1 atom stereocenters. The van der Waals surface area contributed by atoms with Crippen LogP contribution in [0, 0.1) is 0 Å². The smallest absolute Gasteiger partial charge is 0.326 e. The zero-order valence-electron chi connectivity index (χ0n) is 8.95. The van der Waals surface area contributed by atoms with E-state index >= 15 is 0 Å². The maximum atomic E-state index is 10.8. The highest BCUT2D eigenvalue weighted by Crippen LogP contribution is 2.16. The first-order chi connectivity index (χ1) is 8.18. The second kappa shape index (κ2) is 4.71. The molecule has 0 aliphatic rings. The largest absolute Gasteiger partial charge is 0.480 e. The maximum Gasteiger partial charge on any atom is 0.326 e. The highest BCUT2D eigenvalue weighted by atomic mass is 16.4. The van der Waals surface area contributed by atoms with Gasteiger partial charge in [-0.25, -0.2) is 4.98 Å². The van der Waals surface area contributed by atoms with Crippen molar-refractivity contribution >= 4 is 5.97 Å². The maximum absolute atomic E-state index is 10.8. The molecule has 86 valence electrons. The second-order valence-electron chi connectivity index (χ2n) is 3.48. The molecule has 0 saturated carbocycles. The molecule has 5 nitrogen and oxygen atoms in total. The van der Waals surface area contributed by atoms with Crippen LogP contribution >= 0.6 is 0 Å². The molecule has 0 spiro atoms. The van der Waals surface area contributed by atoms with Gasteiger partial charge in [0.1, 0.15) is 6.04 Å². The molecule has 0 aromatic carbocycles. The number of aromatic nitrogens is 2. The van der Waals surface area contributed by atoms with Gasteiger partial charge in [0.2, 0.25) is 0 Å². The third-order valence-corrected chi connectivity index (χ3v) is 2.28. The second-order valence-corrected chi connectivity index (χ2v) is 3.48. The van der Waals surface area contributed by atoms with E-state index in [1.54, 1.807) is 36.5 Å². The number of nitrogens with zero attached hydrogens (tertiary/aromatic N) is 2. The van der Waals surface area contributed by atoms with E-state index in [9.17, 15) is 4.79 Å². The molecular formula is C12H11N3O2. The van der Waals surface area contributed by atoms with Crippen molar-refractivity contribution in [2.75, 3.05) is 0 Å². The van der Waals surface area contributed by atoms with Gasteiger partial charge in [0.05, 0.1) is 17.1 Å². The van der Waals surface area contributed by atoms with Gasteiger partial charge in [-0.05, 0) is 24.3 Å². The highest BCUT2D eigenvalue weighted by Gasteiger charge is 2.16. The molecule has 5 heteroatoms. The quantitative estimate of drug-likeness (QED) is 0.826. The van der Waals surface area contributed by atoms with Gasteiger partial charge in [0.25, 0.3) is 0 Å². The zero-order chi connectivity index (χ0) is 12.3. The first-order valence-corrected chi connectivity index (χ1v) is 5.05. The number of carboxylic acids is 1. The fourth-order valence-corrected chi connectivity index (χ4v) is 1.41. The molecule has 0 aliphatic carbocycles. The average Bonchev–Trinajstić information content (AvgIpc) is 2.39. The fraction of sp³-hybridized carbons (Fsp3) is 0.0833. The number of hydrogen-bond acceptors (Lipinski definition) is 4. The minimum absolute atomic E-state index is 0.320. The molecule has 0 aliphatic heterocycles. The minimum Gasteiger partial charge on any atom is -0.480 e. The summed E-state index contributed by atoms with van der Waals surface area (Å²) < 4.78 is 0. The topological polar surface area (TPSA) is 89.1 Å². The standard InChI is InChI=1S/C12H11N3O2/c13-11(12(16)17)10-6-3-5-9(15-10)8-4-1-2-7-14-8/h1-7,11H,13H2,(H,16,17)/t11-/m0/s1. The summed E-state index contributed by atoms with van der Waals surface area (Å²) >= 11 is 0. The lowest BCUT2D eigenvalue weighted by atomic mass is 10.1. The molecule has 3 N–H and O–H groups in total. The van der Waals surface area contributed by atoms with Crippen molar-refractivity contribution in [2.24, 2.45) is 5.73 Å². The molecule has 0 saturated heterocycles. The van der Waals surface area contributed by atoms with Crippen LogP contribution in [0.15, 0.2) is 42.6 Å². The summed E-state index contributed by atoms with van der Waals surface area (Å²) in [6.45, 7) is 0. The third-order valence-electron chi connectivity index (χ3n) is 2.28. The molecule has 2 heterocycles. The molecule has 0 amide bonds. The molecule has 17 heavy (non-hydrogen) atoms. The van der Waals surface area contributed by atoms with E-state index in [1.807, 2.05) is 6.07 Å². The van der Waals surface area contributed by atoms with E-state index in [2.05, 4.69) is 9.97 Å². The molecule has 0 bridgehead atoms. The van der Waals surface area contributed by atoms with Crippen LogP contribution in [0.1, 0.15) is 11.7 Å². The number of carbonyl (C=O) groups is 1. The summed E-state index contributed by atoms with van der Waals surface area (Å²) in [6.07, 6.45) is 1.65. The van der Waals surface area contributed by atoms with Crippen molar-refractivity contribution in [3.63, 3.8) is 0 Å². The van der Waals surface area contributed by atoms with Gasteiger partial charge < -0.3 is 10.8 Å². The summed E-state index contributed by atoms with van der Waals surface area (Å²) in [4.78, 5) is 19.1. The number of rotatable bonds is 3. The average molecular weight is 229 g/mol. The van der Waals surface area contributed by atoms with Crippen molar-refractivity contribution in [2.45, 2.75) is 6.04 Å². The first kappa shape index (κ1) is 11.2. The summed E-state index contributed by atoms with van der Waals surface area (Å²) in [7, 11) is 0. The van der Waals surface area contributed by atoms with E-state index < -0.39 is 12.0 Å². The van der Waals surface area contributed by atoms with Crippen molar-refractivity contribution in [1.29, 1.82) is 0 Å². The number of nitrogens with two attached hydrogens (primary N) is 1. The van der Waals surface area contributed by atoms with Crippen LogP contribution in [0.5, 0.6) is 0 Å². The molecule has 0 fully saturated rings. The minimum atomic E-state index is -1.11. The van der Waals surface area contributed by atoms with E-state index in [4.69, 9.17) is 10.8 Å². The predicted molar refractivity (Wildman–Crippen MR) is 62.0 cm³/mol. The summed E-state index contributed by atoms with van der Waals surface area (Å²) in [5.41, 5.74) is 7.12. The van der Waals surface area contributed by atoms with Crippen LogP contribution < -0.4 is 5.73 Å². The van der Waals surface area contributed by atoms with Crippen molar-refractivity contribution in [1.82, 2.24) is 9.97 Å². The predicted octanol–water partition coefficient (Wildman–Crippen LogP) is 1.23. The van der Waals surface area contributed by atoms with Crippen LogP contribution in [-0.4, -0.2) is 21.0 Å². The van der Waals surface area contributed by atoms with Gasteiger partial charge in [-0.3, -0.25) is 9.78 Å². The van der Waals surface area contributed by atoms with Crippen molar-refractivity contribution in [3.05, 3.63) is 48.3 Å². The Balaban J connectivity index is 2.39. The fourth-order valence-electron chi connectivity index (χ4n) is 1.41. The first-order valence-electron chi connectivity index (χ1n) is 5.05. The Hall–Kier alpha value is -2.27. The van der Waals surface area contributed by atoms with Crippen LogP contribution in [0.3, 0.4) is 0 Å². The number of aliphatic carboxylic acids is 1. The number of pyridine rings is 2.